The first-order valence-electron chi connectivity index (χ1n) is 6.37. The predicted molar refractivity (Wildman–Crippen MR) is 85.4 cm³/mol. The number of anilines is 1. The fraction of sp³-hybridized carbons (Fsp3) is 0.167. The second-order valence-electron chi connectivity index (χ2n) is 4.31. The lowest BCUT2D eigenvalue weighted by Crippen LogP contribution is -2.30. The summed E-state index contributed by atoms with van der Waals surface area (Å²) in [5, 5.41) is 20.6. The highest BCUT2D eigenvalue weighted by molar-refractivity contribution is 7.99. The van der Waals surface area contributed by atoms with E-state index in [2.05, 4.69) is 15.5 Å². The molecule has 0 bridgehead atoms. The fourth-order valence-corrected chi connectivity index (χ4v) is 2.31. The molecule has 24 heavy (non-hydrogen) atoms. The maximum atomic E-state index is 11.9. The normalized spacial score (nSPS) is 10.2. The van der Waals surface area contributed by atoms with Crippen LogP contribution < -0.4 is 21.5 Å². The van der Waals surface area contributed by atoms with E-state index in [1.165, 1.54) is 25.3 Å². The number of nitrogens with one attached hydrogen (secondary N) is 1. The van der Waals surface area contributed by atoms with Gasteiger partial charge in [-0.1, -0.05) is 11.8 Å². The van der Waals surface area contributed by atoms with E-state index in [0.29, 0.717) is 5.75 Å². The van der Waals surface area contributed by atoms with Gasteiger partial charge in [0, 0.05) is 0 Å². The van der Waals surface area contributed by atoms with Crippen molar-refractivity contribution in [2.45, 2.75) is 5.16 Å². The number of carbonyl (C=O) groups is 1. The summed E-state index contributed by atoms with van der Waals surface area (Å²) in [6, 6.07) is 4.04. The molecule has 0 fully saturated rings. The van der Waals surface area contributed by atoms with E-state index in [4.69, 9.17) is 10.6 Å². The first-order valence-corrected chi connectivity index (χ1v) is 7.36. The van der Waals surface area contributed by atoms with Crippen LogP contribution in [0.5, 0.6) is 5.75 Å². The molecular weight excluding hydrogens is 340 g/mol. The van der Waals surface area contributed by atoms with Crippen LogP contribution in [0.25, 0.3) is 0 Å². The van der Waals surface area contributed by atoms with Gasteiger partial charge in [0.2, 0.25) is 11.1 Å². The topological polar surface area (TPSA) is 155 Å². The molecule has 0 unspecified atom stereocenters. The van der Waals surface area contributed by atoms with Crippen molar-refractivity contribution >= 4 is 29.0 Å². The Hall–Kier alpha value is -3.15. The Balaban J connectivity index is 2.08. The maximum Gasteiger partial charge on any atom is 0.296 e. The minimum Gasteiger partial charge on any atom is -0.496 e. The molecule has 0 saturated carbocycles. The van der Waals surface area contributed by atoms with Crippen molar-refractivity contribution in [2.75, 3.05) is 24.0 Å². The molecule has 0 aliphatic carbocycles. The second-order valence-corrected chi connectivity index (χ2v) is 5.25. The lowest BCUT2D eigenvalue weighted by Gasteiger charge is -2.08. The summed E-state index contributed by atoms with van der Waals surface area (Å²) in [5.74, 6) is 5.05. The van der Waals surface area contributed by atoms with Crippen LogP contribution in [0.4, 0.5) is 11.4 Å². The number of amides is 1. The van der Waals surface area contributed by atoms with E-state index in [0.717, 1.165) is 22.6 Å². The monoisotopic (exact) mass is 352 g/mol. The minimum absolute atomic E-state index is 0.0238. The molecule has 2 rings (SSSR count). The Kier molecular flexibility index (Phi) is 5.31. The highest BCUT2D eigenvalue weighted by atomic mass is 32.2. The van der Waals surface area contributed by atoms with Gasteiger partial charge < -0.3 is 15.9 Å². The van der Waals surface area contributed by atoms with Crippen LogP contribution in [-0.2, 0) is 4.79 Å². The molecule has 0 saturated heterocycles. The molecule has 1 amide bonds. The van der Waals surface area contributed by atoms with Gasteiger partial charge in [0.25, 0.3) is 11.2 Å². The summed E-state index contributed by atoms with van der Waals surface area (Å²) in [6.07, 6.45) is 0.935. The number of hydrogen-bond acceptors (Lipinski definition) is 9. The summed E-state index contributed by atoms with van der Waals surface area (Å²) in [5.41, 5.74) is -0.850. The molecule has 3 N–H and O–H groups in total. The number of carbonyl (C=O) groups excluding carboxylic acids is 1. The van der Waals surface area contributed by atoms with Crippen molar-refractivity contribution in [3.05, 3.63) is 44.9 Å². The Morgan fingerprint density at radius 1 is 1.54 bits per heavy atom. The highest BCUT2D eigenvalue weighted by Crippen LogP contribution is 2.29. The van der Waals surface area contributed by atoms with Gasteiger partial charge in [-0.3, -0.25) is 19.7 Å². The van der Waals surface area contributed by atoms with Gasteiger partial charge in [-0.2, -0.15) is 9.77 Å². The number of hydrogen-bond donors (Lipinski definition) is 2. The molecule has 0 spiro atoms. The van der Waals surface area contributed by atoms with Crippen LogP contribution in [0.1, 0.15) is 0 Å². The van der Waals surface area contributed by atoms with Crippen molar-refractivity contribution in [3.63, 3.8) is 0 Å². The van der Waals surface area contributed by atoms with Crippen molar-refractivity contribution < 1.29 is 14.5 Å². The Morgan fingerprint density at radius 3 is 2.96 bits per heavy atom. The van der Waals surface area contributed by atoms with Crippen LogP contribution in [0.15, 0.2) is 34.3 Å². The third-order valence-electron chi connectivity index (χ3n) is 2.76. The molecule has 2 aromatic rings. The number of rotatable bonds is 6. The minimum atomic E-state index is -0.633. The number of nitrogen functional groups attached to an aromatic ring is 1. The molecule has 126 valence electrons. The SMILES string of the molecule is COc1ccc(NC(=O)CSc2nncc(=O)n2N)c([N+](=O)[O-])c1. The molecule has 12 heteroatoms. The number of nitro benzene ring substituents is 1. The summed E-state index contributed by atoms with van der Waals surface area (Å²) in [6.45, 7) is 0. The van der Waals surface area contributed by atoms with E-state index < -0.39 is 16.4 Å². The predicted octanol–water partition coefficient (Wildman–Crippen LogP) is -0.000300. The van der Waals surface area contributed by atoms with Gasteiger partial charge in [-0.15, -0.1) is 5.10 Å². The molecule has 11 nitrogen and oxygen atoms in total. The van der Waals surface area contributed by atoms with Crippen molar-refractivity contribution in [2.24, 2.45) is 0 Å². The summed E-state index contributed by atoms with van der Waals surface area (Å²) < 4.78 is 5.66. The molecule has 0 atom stereocenters. The van der Waals surface area contributed by atoms with E-state index in [-0.39, 0.29) is 22.3 Å². The summed E-state index contributed by atoms with van der Waals surface area (Å²) >= 11 is 0.868. The number of nitrogens with zero attached hydrogens (tertiary/aromatic N) is 4. The largest absolute Gasteiger partial charge is 0.496 e. The molecule has 0 aliphatic heterocycles. The number of nitro groups is 1. The lowest BCUT2D eigenvalue weighted by atomic mass is 10.2. The third kappa shape index (κ3) is 3.98. The van der Waals surface area contributed by atoms with Gasteiger partial charge in [0.15, 0.2) is 0 Å². The number of aromatic nitrogens is 3. The lowest BCUT2D eigenvalue weighted by molar-refractivity contribution is -0.384. The fourth-order valence-electron chi connectivity index (χ4n) is 1.64. The number of nitrogens with two attached hydrogens (primary N) is 1. The van der Waals surface area contributed by atoms with Crippen molar-refractivity contribution in [3.8, 4) is 5.75 Å². The van der Waals surface area contributed by atoms with E-state index in [9.17, 15) is 19.7 Å². The zero-order valence-electron chi connectivity index (χ0n) is 12.3. The number of thioether (sulfide) groups is 1. The van der Waals surface area contributed by atoms with Crippen LogP contribution in [0.3, 0.4) is 0 Å². The number of ether oxygens (including phenoxy) is 1. The maximum absolute atomic E-state index is 11.9. The Bertz CT molecular complexity index is 839. The van der Waals surface area contributed by atoms with Crippen LogP contribution >= 0.6 is 11.8 Å². The smallest absolute Gasteiger partial charge is 0.296 e. The van der Waals surface area contributed by atoms with E-state index in [1.54, 1.807) is 0 Å². The molecule has 1 aromatic carbocycles. The first-order chi connectivity index (χ1) is 11.4. The van der Waals surface area contributed by atoms with Crippen LogP contribution in [0.2, 0.25) is 0 Å². The third-order valence-corrected chi connectivity index (χ3v) is 3.71. The van der Waals surface area contributed by atoms with Crippen LogP contribution in [0, 0.1) is 10.1 Å². The summed E-state index contributed by atoms with van der Waals surface area (Å²) in [4.78, 5) is 33.7. The van der Waals surface area contributed by atoms with Crippen LogP contribution in [-0.4, -0.2) is 38.6 Å². The molecule has 1 aromatic heterocycles. The Morgan fingerprint density at radius 2 is 2.29 bits per heavy atom. The standard InChI is InChI=1S/C12H12N6O5S/c1-23-7-2-3-8(9(4-7)18(21)22)15-10(19)6-24-12-16-14-5-11(20)17(12)13/h2-5H,6,13H2,1H3,(H,15,19). The van der Waals surface area contributed by atoms with Gasteiger partial charge >= 0.3 is 0 Å². The van der Waals surface area contributed by atoms with Gasteiger partial charge in [-0.05, 0) is 12.1 Å². The van der Waals surface area contributed by atoms with E-state index in [1.807, 2.05) is 0 Å². The average Bonchev–Trinajstić information content (AvgIpc) is 2.56. The molecule has 0 aliphatic rings. The van der Waals surface area contributed by atoms with Crippen molar-refractivity contribution in [1.82, 2.24) is 14.9 Å². The van der Waals surface area contributed by atoms with Gasteiger partial charge in [-0.25, -0.2) is 0 Å². The van der Waals surface area contributed by atoms with E-state index >= 15 is 0 Å². The van der Waals surface area contributed by atoms with Gasteiger partial charge in [0.1, 0.15) is 17.6 Å². The Labute approximate surface area is 138 Å². The molecular formula is C12H12N6O5S. The van der Waals surface area contributed by atoms with Gasteiger partial charge in [0.05, 0.1) is 23.9 Å². The first kappa shape index (κ1) is 17.2. The quantitative estimate of drug-likeness (QED) is 0.316. The summed E-state index contributed by atoms with van der Waals surface area (Å²) in [7, 11) is 1.38. The van der Waals surface area contributed by atoms with Crippen molar-refractivity contribution in [1.29, 1.82) is 0 Å². The molecule has 1 heterocycles. The number of benzene rings is 1. The molecule has 0 radical (unpaired) electrons. The zero-order chi connectivity index (χ0) is 17.7. The zero-order valence-corrected chi connectivity index (χ0v) is 13.1. The second kappa shape index (κ2) is 7.41. The highest BCUT2D eigenvalue weighted by Gasteiger charge is 2.17. The average molecular weight is 352 g/mol. The number of methoxy groups -OCH3 is 1.